The van der Waals surface area contributed by atoms with Gasteiger partial charge in [0.05, 0.1) is 0 Å². The molecule has 0 saturated heterocycles. The molecule has 3 aromatic rings. The van der Waals surface area contributed by atoms with E-state index in [2.05, 4.69) is 36.4 Å². The Bertz CT molecular complexity index is 957. The van der Waals surface area contributed by atoms with Crippen LogP contribution < -0.4 is 14.2 Å². The monoisotopic (exact) mass is 514 g/mol. The smallest absolute Gasteiger partial charge is 0.120 e. The zero-order valence-corrected chi connectivity index (χ0v) is 24.0. The molecule has 0 unspecified atom stereocenters. The zero-order chi connectivity index (χ0) is 26.1. The summed E-state index contributed by atoms with van der Waals surface area (Å²) in [5.41, 5.74) is -0.797. The summed E-state index contributed by atoms with van der Waals surface area (Å²) in [6.07, 6.45) is 0. The topological polar surface area (TPSA) is 27.7 Å². The summed E-state index contributed by atoms with van der Waals surface area (Å²) in [7, 11) is 5.58. The van der Waals surface area contributed by atoms with E-state index in [-0.39, 0.29) is 16.8 Å². The van der Waals surface area contributed by atoms with E-state index in [1.54, 1.807) is 0 Å². The van der Waals surface area contributed by atoms with Gasteiger partial charge < -0.3 is 14.2 Å². The highest BCUT2D eigenvalue weighted by Gasteiger charge is 2.30. The van der Waals surface area contributed by atoms with E-state index in [4.69, 9.17) is 24.9 Å². The summed E-state index contributed by atoms with van der Waals surface area (Å²) >= 11 is 0. The minimum absolute atomic E-state index is 0.266. The molecule has 0 saturated carbocycles. The Labute approximate surface area is 217 Å². The quantitative estimate of drug-likeness (QED) is 0.327. The second-order valence-corrected chi connectivity index (χ2v) is 15.5. The van der Waals surface area contributed by atoms with Gasteiger partial charge in [-0.3, -0.25) is 0 Å². The lowest BCUT2D eigenvalue weighted by Crippen LogP contribution is -2.22. The molecule has 0 spiro atoms. The van der Waals surface area contributed by atoms with Crippen molar-refractivity contribution in [3.8, 4) is 17.2 Å². The van der Waals surface area contributed by atoms with Gasteiger partial charge in [0.2, 0.25) is 0 Å². The maximum absolute atomic E-state index is 7.63. The first kappa shape index (κ1) is 27.3. The minimum Gasteiger partial charge on any atom is -0.488 e. The zero-order valence-electron chi connectivity index (χ0n) is 22.4. The van der Waals surface area contributed by atoms with Crippen LogP contribution in [-0.2, 0) is 0 Å². The highest BCUT2D eigenvalue weighted by molar-refractivity contribution is 8.51. The molecule has 0 heterocycles. The largest absolute Gasteiger partial charge is 0.488 e. The first-order chi connectivity index (χ1) is 16.1. The fourth-order valence-electron chi connectivity index (χ4n) is 3.55. The molecule has 0 fully saturated rings. The molecular formula is C30H39ClO3S. The summed E-state index contributed by atoms with van der Waals surface area (Å²) in [4.78, 5) is 3.11. The van der Waals surface area contributed by atoms with Gasteiger partial charge in [-0.1, -0.05) is 19.9 Å². The van der Waals surface area contributed by atoms with E-state index in [9.17, 15) is 0 Å². The third kappa shape index (κ3) is 7.59. The van der Waals surface area contributed by atoms with Crippen LogP contribution >= 0.6 is 19.9 Å². The molecule has 3 nitrogen and oxygen atoms in total. The van der Waals surface area contributed by atoms with E-state index in [1.165, 1.54) is 0 Å². The van der Waals surface area contributed by atoms with Crippen molar-refractivity contribution in [3.63, 3.8) is 0 Å². The average Bonchev–Trinajstić information content (AvgIpc) is 2.71. The second-order valence-electron chi connectivity index (χ2n) is 11.6. The molecule has 5 heteroatoms. The summed E-state index contributed by atoms with van der Waals surface area (Å²) < 4.78 is 18.1. The van der Waals surface area contributed by atoms with E-state index >= 15 is 0 Å². The van der Waals surface area contributed by atoms with E-state index in [0.29, 0.717) is 0 Å². The Kier molecular flexibility index (Phi) is 7.79. The average molecular weight is 515 g/mol. The maximum atomic E-state index is 7.63. The molecule has 3 aromatic carbocycles. The normalized spacial score (nSPS) is 13.3. The van der Waals surface area contributed by atoms with Gasteiger partial charge >= 0.3 is 0 Å². The predicted octanol–water partition coefficient (Wildman–Crippen LogP) is 9.65. The van der Waals surface area contributed by atoms with Crippen LogP contribution in [0.5, 0.6) is 17.2 Å². The van der Waals surface area contributed by atoms with Crippen molar-refractivity contribution in [2.45, 2.75) is 93.8 Å². The molecule has 0 bridgehead atoms. The van der Waals surface area contributed by atoms with E-state index in [0.717, 1.165) is 31.9 Å². The van der Waals surface area contributed by atoms with Gasteiger partial charge in [-0.25, -0.2) is 0 Å². The van der Waals surface area contributed by atoms with Crippen molar-refractivity contribution in [1.82, 2.24) is 0 Å². The first-order valence-electron chi connectivity index (χ1n) is 12.0. The van der Waals surface area contributed by atoms with Crippen LogP contribution in [0.3, 0.4) is 0 Å². The fourth-order valence-corrected chi connectivity index (χ4v) is 6.83. The minimum atomic E-state index is -2.05. The van der Waals surface area contributed by atoms with Crippen LogP contribution in [-0.4, -0.2) is 16.8 Å². The van der Waals surface area contributed by atoms with Gasteiger partial charge in [-0.05, 0) is 135 Å². The highest BCUT2D eigenvalue weighted by atomic mass is 35.7. The summed E-state index contributed by atoms with van der Waals surface area (Å²) in [6.45, 7) is 18.4. The van der Waals surface area contributed by atoms with E-state index < -0.39 is 9.24 Å². The number of hydrogen-bond donors (Lipinski definition) is 0. The predicted molar refractivity (Wildman–Crippen MR) is 149 cm³/mol. The van der Waals surface area contributed by atoms with Gasteiger partial charge in [-0.2, -0.15) is 0 Å². The highest BCUT2D eigenvalue weighted by Crippen LogP contribution is 2.72. The van der Waals surface area contributed by atoms with Crippen LogP contribution in [0.25, 0.3) is 0 Å². The lowest BCUT2D eigenvalue weighted by molar-refractivity contribution is 0.130. The third-order valence-corrected chi connectivity index (χ3v) is 9.09. The van der Waals surface area contributed by atoms with Crippen molar-refractivity contribution in [2.75, 3.05) is 0 Å². The SMILES string of the molecule is CC(C)(C)Oc1ccc(S(Cl)(c2ccc(OC(C)(C)C)cc2)c2ccc(OC(C)(C)C)cc2)cc1. The van der Waals surface area contributed by atoms with Crippen LogP contribution in [0.2, 0.25) is 0 Å². The molecule has 0 atom stereocenters. The number of halogens is 1. The summed E-state index contributed by atoms with van der Waals surface area (Å²) in [6, 6.07) is 24.4. The molecule has 35 heavy (non-hydrogen) atoms. The van der Waals surface area contributed by atoms with Crippen molar-refractivity contribution in [3.05, 3.63) is 72.8 Å². The van der Waals surface area contributed by atoms with Crippen molar-refractivity contribution < 1.29 is 14.2 Å². The molecule has 190 valence electrons. The molecule has 3 rings (SSSR count). The fraction of sp³-hybridized carbons (Fsp3) is 0.400. The first-order valence-corrected chi connectivity index (χ1v) is 14.4. The molecule has 0 N–H and O–H groups in total. The van der Waals surface area contributed by atoms with Crippen LogP contribution in [0, 0.1) is 0 Å². The van der Waals surface area contributed by atoms with Gasteiger partial charge in [0.1, 0.15) is 34.1 Å². The number of ether oxygens (including phenoxy) is 3. The molecule has 0 aliphatic rings. The molecule has 0 aromatic heterocycles. The number of rotatable bonds is 6. The Balaban J connectivity index is 2.05. The molecule has 0 amide bonds. The Morgan fingerprint density at radius 3 is 0.800 bits per heavy atom. The molecule has 0 radical (unpaired) electrons. The molecule has 0 aliphatic heterocycles. The number of hydrogen-bond acceptors (Lipinski definition) is 3. The van der Waals surface area contributed by atoms with Gasteiger partial charge in [-0.15, -0.1) is 0 Å². The van der Waals surface area contributed by atoms with Crippen molar-refractivity contribution in [2.24, 2.45) is 0 Å². The summed E-state index contributed by atoms with van der Waals surface area (Å²) in [5, 5.41) is 0. The Morgan fingerprint density at radius 2 is 0.629 bits per heavy atom. The van der Waals surface area contributed by atoms with Crippen LogP contribution in [0.15, 0.2) is 87.5 Å². The van der Waals surface area contributed by atoms with Gasteiger partial charge in [0.25, 0.3) is 0 Å². The lowest BCUT2D eigenvalue weighted by atomic mass is 10.2. The van der Waals surface area contributed by atoms with Crippen molar-refractivity contribution in [1.29, 1.82) is 0 Å². The molecular weight excluding hydrogens is 476 g/mol. The van der Waals surface area contributed by atoms with Crippen LogP contribution in [0.1, 0.15) is 62.3 Å². The number of benzene rings is 3. The Hall–Kier alpha value is -2.30. The van der Waals surface area contributed by atoms with Gasteiger partial charge in [0, 0.05) is 14.7 Å². The Morgan fingerprint density at radius 1 is 0.429 bits per heavy atom. The maximum Gasteiger partial charge on any atom is 0.120 e. The standard InChI is InChI=1S/C30H39ClO3S/c1-28(2,3)32-22-10-16-25(17-11-22)35(31,26-18-12-23(13-19-26)33-29(4,5)6)27-20-14-24(15-21-27)34-30(7,8)9/h10-21H,1-9H3. The van der Waals surface area contributed by atoms with Crippen LogP contribution in [0.4, 0.5) is 0 Å². The van der Waals surface area contributed by atoms with E-state index in [1.807, 2.05) is 98.7 Å². The van der Waals surface area contributed by atoms with Gasteiger partial charge in [0.15, 0.2) is 0 Å². The molecule has 0 aliphatic carbocycles. The second kappa shape index (κ2) is 9.99. The third-order valence-electron chi connectivity index (χ3n) is 4.72. The van der Waals surface area contributed by atoms with Crippen molar-refractivity contribution >= 4 is 19.9 Å². The lowest BCUT2D eigenvalue weighted by Gasteiger charge is -2.35. The summed E-state index contributed by atoms with van der Waals surface area (Å²) in [5.74, 6) is 2.47.